The Morgan fingerprint density at radius 1 is 0.889 bits per heavy atom. The summed E-state index contributed by atoms with van der Waals surface area (Å²) in [6, 6.07) is 27.2. The number of hydrogen-bond acceptors (Lipinski definition) is 4. The van der Waals surface area contributed by atoms with Crippen LogP contribution in [0.3, 0.4) is 0 Å². The number of aryl methyl sites for hydroxylation is 2. The van der Waals surface area contributed by atoms with E-state index in [1.54, 1.807) is 30.0 Å². The number of carbonyl (C=O) groups excluding carboxylic acids is 1. The fraction of sp³-hybridized carbons (Fsp3) is 0.107. The number of halogens is 1. The van der Waals surface area contributed by atoms with Crippen molar-refractivity contribution in [3.8, 4) is 0 Å². The first-order chi connectivity index (χ1) is 17.2. The SMILES string of the molecule is Cc1cccc(NS(=O)(=O)c2cc(C(=O)Nc3ccc(CSc4ccccc4)cc3C)ccc2Cl)c1. The van der Waals surface area contributed by atoms with Crippen molar-refractivity contribution in [1.29, 1.82) is 0 Å². The van der Waals surface area contributed by atoms with Crippen LogP contribution in [0, 0.1) is 13.8 Å². The maximum absolute atomic E-state index is 13.0. The number of amides is 1. The molecule has 2 N–H and O–H groups in total. The van der Waals surface area contributed by atoms with Gasteiger partial charge in [-0.1, -0.05) is 54.1 Å². The van der Waals surface area contributed by atoms with Crippen LogP contribution >= 0.6 is 23.4 Å². The molecule has 0 bridgehead atoms. The van der Waals surface area contributed by atoms with E-state index in [0.29, 0.717) is 11.4 Å². The Bertz CT molecular complexity index is 1510. The third kappa shape index (κ3) is 6.49. The molecule has 0 unspecified atom stereocenters. The van der Waals surface area contributed by atoms with Crippen molar-refractivity contribution in [3.05, 3.63) is 118 Å². The first kappa shape index (κ1) is 25.8. The maximum atomic E-state index is 13.0. The Morgan fingerprint density at radius 2 is 1.67 bits per heavy atom. The van der Waals surface area contributed by atoms with Crippen LogP contribution in [-0.4, -0.2) is 14.3 Å². The first-order valence-electron chi connectivity index (χ1n) is 11.2. The minimum Gasteiger partial charge on any atom is -0.322 e. The largest absolute Gasteiger partial charge is 0.322 e. The van der Waals surface area contributed by atoms with Crippen LogP contribution < -0.4 is 10.0 Å². The van der Waals surface area contributed by atoms with E-state index >= 15 is 0 Å². The highest BCUT2D eigenvalue weighted by atomic mass is 35.5. The Morgan fingerprint density at radius 3 is 2.39 bits per heavy atom. The second kappa shape index (κ2) is 11.2. The van der Waals surface area contributed by atoms with Crippen molar-refractivity contribution in [2.24, 2.45) is 0 Å². The van der Waals surface area contributed by atoms with Gasteiger partial charge in [0.05, 0.1) is 5.02 Å². The first-order valence-corrected chi connectivity index (χ1v) is 14.0. The lowest BCUT2D eigenvalue weighted by Gasteiger charge is -2.13. The molecular weight excluding hydrogens is 512 g/mol. The number of nitrogens with one attached hydrogen (secondary N) is 2. The van der Waals surface area contributed by atoms with Crippen molar-refractivity contribution < 1.29 is 13.2 Å². The van der Waals surface area contributed by atoms with Crippen LogP contribution in [0.4, 0.5) is 11.4 Å². The van der Waals surface area contributed by atoms with Gasteiger partial charge < -0.3 is 5.32 Å². The third-order valence-corrected chi connectivity index (χ3v) is 8.39. The Hall–Kier alpha value is -3.26. The number of sulfonamides is 1. The van der Waals surface area contributed by atoms with Crippen LogP contribution in [0.25, 0.3) is 0 Å². The zero-order valence-corrected chi connectivity index (χ0v) is 22.2. The molecular formula is C28H25ClN2O3S2. The number of carbonyl (C=O) groups is 1. The maximum Gasteiger partial charge on any atom is 0.263 e. The predicted octanol–water partition coefficient (Wildman–Crippen LogP) is 7.30. The van der Waals surface area contributed by atoms with Crippen molar-refractivity contribution in [2.75, 3.05) is 10.0 Å². The van der Waals surface area contributed by atoms with E-state index in [1.165, 1.54) is 23.1 Å². The zero-order chi connectivity index (χ0) is 25.7. The van der Waals surface area contributed by atoms with Gasteiger partial charge in [0.25, 0.3) is 15.9 Å². The zero-order valence-electron chi connectivity index (χ0n) is 19.8. The monoisotopic (exact) mass is 536 g/mol. The molecule has 1 amide bonds. The van der Waals surface area contributed by atoms with Gasteiger partial charge in [0, 0.05) is 27.6 Å². The van der Waals surface area contributed by atoms with Gasteiger partial charge in [-0.15, -0.1) is 11.8 Å². The normalized spacial score (nSPS) is 11.2. The van der Waals surface area contributed by atoms with Crippen LogP contribution in [0.1, 0.15) is 27.0 Å². The molecule has 0 heterocycles. The summed E-state index contributed by atoms with van der Waals surface area (Å²) in [7, 11) is -4.00. The van der Waals surface area contributed by atoms with Crippen molar-refractivity contribution in [1.82, 2.24) is 0 Å². The minimum atomic E-state index is -4.00. The topological polar surface area (TPSA) is 75.3 Å². The molecule has 0 fully saturated rings. The van der Waals surface area contributed by atoms with E-state index in [4.69, 9.17) is 11.6 Å². The molecule has 0 aliphatic heterocycles. The minimum absolute atomic E-state index is 0.0307. The summed E-state index contributed by atoms with van der Waals surface area (Å²) < 4.78 is 28.5. The summed E-state index contributed by atoms with van der Waals surface area (Å²) in [5, 5.41) is 2.91. The number of thioether (sulfide) groups is 1. The lowest BCUT2D eigenvalue weighted by Crippen LogP contribution is -2.17. The third-order valence-electron chi connectivity index (χ3n) is 5.44. The fourth-order valence-electron chi connectivity index (χ4n) is 3.60. The van der Waals surface area contributed by atoms with Gasteiger partial charge in [0.15, 0.2) is 0 Å². The highest BCUT2D eigenvalue weighted by Crippen LogP contribution is 2.28. The summed E-state index contributed by atoms with van der Waals surface area (Å²) in [6.07, 6.45) is 0. The molecule has 4 aromatic rings. The van der Waals surface area contributed by atoms with Gasteiger partial charge in [0.2, 0.25) is 0 Å². The van der Waals surface area contributed by atoms with E-state index in [2.05, 4.69) is 22.2 Å². The van der Waals surface area contributed by atoms with Crippen LogP contribution in [-0.2, 0) is 15.8 Å². The van der Waals surface area contributed by atoms with Crippen molar-refractivity contribution in [2.45, 2.75) is 29.4 Å². The molecule has 36 heavy (non-hydrogen) atoms. The molecule has 0 saturated heterocycles. The van der Waals surface area contributed by atoms with E-state index < -0.39 is 15.9 Å². The van der Waals surface area contributed by atoms with Gasteiger partial charge >= 0.3 is 0 Å². The molecule has 5 nitrogen and oxygen atoms in total. The summed E-state index contributed by atoms with van der Waals surface area (Å²) in [5.74, 6) is 0.388. The van der Waals surface area contributed by atoms with Gasteiger partial charge in [-0.3, -0.25) is 9.52 Å². The fourth-order valence-corrected chi connectivity index (χ4v) is 6.04. The molecule has 8 heteroatoms. The molecule has 0 aliphatic carbocycles. The van der Waals surface area contributed by atoms with E-state index in [9.17, 15) is 13.2 Å². The number of hydrogen-bond donors (Lipinski definition) is 2. The summed E-state index contributed by atoms with van der Waals surface area (Å²) in [5.41, 5.74) is 4.23. The molecule has 0 radical (unpaired) electrons. The quantitative estimate of drug-likeness (QED) is 0.232. The molecule has 0 aliphatic rings. The molecule has 4 aromatic carbocycles. The Kier molecular flexibility index (Phi) is 8.04. The van der Waals surface area contributed by atoms with Crippen LogP contribution in [0.5, 0.6) is 0 Å². The highest BCUT2D eigenvalue weighted by molar-refractivity contribution is 7.98. The van der Waals surface area contributed by atoms with Gasteiger partial charge in [-0.25, -0.2) is 8.42 Å². The van der Waals surface area contributed by atoms with Gasteiger partial charge in [-0.05, 0) is 79.1 Å². The molecule has 4 rings (SSSR count). The molecule has 0 saturated carbocycles. The molecule has 0 atom stereocenters. The highest BCUT2D eigenvalue weighted by Gasteiger charge is 2.21. The van der Waals surface area contributed by atoms with Gasteiger partial charge in [-0.2, -0.15) is 0 Å². The summed E-state index contributed by atoms with van der Waals surface area (Å²) >= 11 is 7.95. The predicted molar refractivity (Wildman–Crippen MR) is 149 cm³/mol. The summed E-state index contributed by atoms with van der Waals surface area (Å²) in [4.78, 5) is 14.0. The summed E-state index contributed by atoms with van der Waals surface area (Å²) in [6.45, 7) is 3.79. The van der Waals surface area contributed by atoms with Crippen LogP contribution in [0.2, 0.25) is 5.02 Å². The van der Waals surface area contributed by atoms with E-state index in [0.717, 1.165) is 22.4 Å². The Labute approximate surface area is 221 Å². The Balaban J connectivity index is 1.48. The smallest absolute Gasteiger partial charge is 0.263 e. The second-order valence-corrected chi connectivity index (χ2v) is 11.4. The molecule has 0 spiro atoms. The van der Waals surface area contributed by atoms with E-state index in [-0.39, 0.29) is 15.5 Å². The average Bonchev–Trinajstić information content (AvgIpc) is 2.84. The molecule has 184 valence electrons. The number of rotatable bonds is 8. The van der Waals surface area contributed by atoms with Crippen molar-refractivity contribution >= 4 is 50.7 Å². The van der Waals surface area contributed by atoms with E-state index in [1.807, 2.05) is 56.3 Å². The lowest BCUT2D eigenvalue weighted by atomic mass is 10.1. The lowest BCUT2D eigenvalue weighted by molar-refractivity contribution is 0.102. The molecule has 0 aromatic heterocycles. The average molecular weight is 537 g/mol. The van der Waals surface area contributed by atoms with Crippen molar-refractivity contribution in [3.63, 3.8) is 0 Å². The van der Waals surface area contributed by atoms with Gasteiger partial charge in [0.1, 0.15) is 4.90 Å². The number of benzene rings is 4. The standard InChI is InChI=1S/C28H25ClN2O3S2/c1-19-7-6-8-23(15-19)31-36(33,34)27-17-22(12-13-25(27)29)28(32)30-26-14-11-21(16-20(26)2)18-35-24-9-4-3-5-10-24/h3-17,31H,18H2,1-2H3,(H,30,32). The number of anilines is 2. The van der Waals surface area contributed by atoms with Crippen LogP contribution in [0.15, 0.2) is 101 Å². The second-order valence-electron chi connectivity index (χ2n) is 8.33.